The Morgan fingerprint density at radius 1 is 1.62 bits per heavy atom. The Morgan fingerprint density at radius 3 is 3.00 bits per heavy atom. The molecule has 86 valence electrons. The van der Waals surface area contributed by atoms with Crippen molar-refractivity contribution in [2.75, 3.05) is 7.11 Å². The molecule has 5 heteroatoms. The molecular weight excluding hydrogens is 208 g/mol. The molecule has 0 aliphatic carbocycles. The predicted molar refractivity (Wildman–Crippen MR) is 56.3 cm³/mol. The van der Waals surface area contributed by atoms with Gasteiger partial charge in [-0.25, -0.2) is 4.98 Å². The Bertz CT molecular complexity index is 437. The number of carbonyl (C=O) groups excluding carboxylic acids is 2. The van der Waals surface area contributed by atoms with Crippen LogP contribution >= 0.6 is 0 Å². The molecule has 0 amide bonds. The summed E-state index contributed by atoms with van der Waals surface area (Å²) in [5, 5.41) is 0. The van der Waals surface area contributed by atoms with E-state index in [2.05, 4.69) is 4.98 Å². The largest absolute Gasteiger partial charge is 0.469 e. The van der Waals surface area contributed by atoms with Crippen molar-refractivity contribution in [3.8, 4) is 0 Å². The molecule has 0 spiro atoms. The zero-order chi connectivity index (χ0) is 11.7. The lowest BCUT2D eigenvalue weighted by molar-refractivity contribution is -0.143. The summed E-state index contributed by atoms with van der Waals surface area (Å²) < 4.78 is 6.70. The van der Waals surface area contributed by atoms with Gasteiger partial charge in [0.25, 0.3) is 0 Å². The second-order valence-electron chi connectivity index (χ2n) is 3.92. The third-order valence-electron chi connectivity index (χ3n) is 3.03. The standard InChI is InChI=1S/C11H14N2O3/c1-7-12-9(6-14)10-8(11(15)16-2)4-3-5-13(7)10/h6,8H,3-5H2,1-2H3. The summed E-state index contributed by atoms with van der Waals surface area (Å²) in [6, 6.07) is 0. The number of fused-ring (bicyclic) bond motifs is 1. The molecule has 1 aliphatic rings. The Labute approximate surface area is 93.4 Å². The number of esters is 1. The average molecular weight is 222 g/mol. The monoisotopic (exact) mass is 222 g/mol. The molecule has 1 atom stereocenters. The smallest absolute Gasteiger partial charge is 0.314 e. The van der Waals surface area contributed by atoms with Crippen molar-refractivity contribution in [3.63, 3.8) is 0 Å². The molecule has 5 nitrogen and oxygen atoms in total. The lowest BCUT2D eigenvalue weighted by Gasteiger charge is -2.23. The highest BCUT2D eigenvalue weighted by atomic mass is 16.5. The summed E-state index contributed by atoms with van der Waals surface area (Å²) >= 11 is 0. The lowest BCUT2D eigenvalue weighted by atomic mass is 9.94. The zero-order valence-electron chi connectivity index (χ0n) is 9.40. The molecule has 0 aromatic carbocycles. The minimum atomic E-state index is -0.347. The van der Waals surface area contributed by atoms with Crippen molar-refractivity contribution in [2.45, 2.75) is 32.2 Å². The van der Waals surface area contributed by atoms with Crippen molar-refractivity contribution >= 4 is 12.3 Å². The second kappa shape index (κ2) is 4.08. The highest BCUT2D eigenvalue weighted by molar-refractivity contribution is 5.83. The van der Waals surface area contributed by atoms with Crippen LogP contribution in [0.2, 0.25) is 0 Å². The minimum absolute atomic E-state index is 0.288. The predicted octanol–water partition coefficient (Wildman–Crippen LogP) is 1.05. The molecule has 1 unspecified atom stereocenters. The summed E-state index contributed by atoms with van der Waals surface area (Å²) in [6.45, 7) is 2.66. The van der Waals surface area contributed by atoms with Crippen molar-refractivity contribution in [1.29, 1.82) is 0 Å². The normalized spacial score (nSPS) is 19.0. The molecule has 0 saturated carbocycles. The number of nitrogens with zero attached hydrogens (tertiary/aromatic N) is 2. The zero-order valence-corrected chi connectivity index (χ0v) is 9.40. The van der Waals surface area contributed by atoms with Crippen LogP contribution in [0.3, 0.4) is 0 Å². The van der Waals surface area contributed by atoms with Crippen molar-refractivity contribution < 1.29 is 14.3 Å². The molecular formula is C11H14N2O3. The van der Waals surface area contributed by atoms with E-state index in [1.165, 1.54) is 7.11 Å². The second-order valence-corrected chi connectivity index (χ2v) is 3.92. The molecule has 0 radical (unpaired) electrons. The van der Waals surface area contributed by atoms with Crippen LogP contribution in [0.25, 0.3) is 0 Å². The fourth-order valence-corrected chi connectivity index (χ4v) is 2.30. The summed E-state index contributed by atoms with van der Waals surface area (Å²) in [6.07, 6.45) is 2.33. The van der Waals surface area contributed by atoms with Crippen LogP contribution in [-0.4, -0.2) is 28.9 Å². The van der Waals surface area contributed by atoms with Gasteiger partial charge in [0, 0.05) is 6.54 Å². The Hall–Kier alpha value is -1.65. The third kappa shape index (κ3) is 1.52. The van der Waals surface area contributed by atoms with E-state index in [4.69, 9.17) is 4.74 Å². The first-order chi connectivity index (χ1) is 7.69. The molecule has 16 heavy (non-hydrogen) atoms. The Kier molecular flexibility index (Phi) is 2.77. The van der Waals surface area contributed by atoms with Crippen LogP contribution in [0.15, 0.2) is 0 Å². The van der Waals surface area contributed by atoms with Crippen LogP contribution < -0.4 is 0 Å². The number of imidazole rings is 1. The van der Waals surface area contributed by atoms with Gasteiger partial charge in [-0.3, -0.25) is 9.59 Å². The quantitative estimate of drug-likeness (QED) is 0.554. The van der Waals surface area contributed by atoms with Crippen molar-refractivity contribution in [3.05, 3.63) is 17.2 Å². The van der Waals surface area contributed by atoms with Crippen LogP contribution in [-0.2, 0) is 16.1 Å². The summed E-state index contributed by atoms with van der Waals surface area (Å²) in [7, 11) is 1.37. The fraction of sp³-hybridized carbons (Fsp3) is 0.545. The molecule has 0 N–H and O–H groups in total. The van der Waals surface area contributed by atoms with Crippen molar-refractivity contribution in [2.24, 2.45) is 0 Å². The van der Waals surface area contributed by atoms with Gasteiger partial charge in [-0.15, -0.1) is 0 Å². The molecule has 1 aromatic rings. The molecule has 2 heterocycles. The maximum atomic E-state index is 11.6. The number of hydrogen-bond donors (Lipinski definition) is 0. The summed E-state index contributed by atoms with van der Waals surface area (Å²) in [5.41, 5.74) is 1.08. The first-order valence-electron chi connectivity index (χ1n) is 5.29. The van der Waals surface area contributed by atoms with E-state index in [-0.39, 0.29) is 11.9 Å². The van der Waals surface area contributed by atoms with E-state index in [0.29, 0.717) is 17.7 Å². The number of aryl methyl sites for hydroxylation is 1. The van der Waals surface area contributed by atoms with Gasteiger partial charge in [-0.05, 0) is 19.8 Å². The first-order valence-corrected chi connectivity index (χ1v) is 5.29. The third-order valence-corrected chi connectivity index (χ3v) is 3.03. The van der Waals surface area contributed by atoms with Crippen LogP contribution in [0.5, 0.6) is 0 Å². The maximum absolute atomic E-state index is 11.6. The summed E-state index contributed by atoms with van der Waals surface area (Å²) in [5.74, 6) is 0.148. The van der Waals surface area contributed by atoms with Gasteiger partial charge in [-0.2, -0.15) is 0 Å². The Morgan fingerprint density at radius 2 is 2.38 bits per heavy atom. The molecule has 2 rings (SSSR count). The van der Waals surface area contributed by atoms with Gasteiger partial charge in [0.2, 0.25) is 0 Å². The van der Waals surface area contributed by atoms with Gasteiger partial charge in [-0.1, -0.05) is 0 Å². The van der Waals surface area contributed by atoms with Gasteiger partial charge in [0.15, 0.2) is 6.29 Å². The van der Waals surface area contributed by atoms with E-state index < -0.39 is 0 Å². The molecule has 1 aromatic heterocycles. The number of methoxy groups -OCH3 is 1. The minimum Gasteiger partial charge on any atom is -0.469 e. The molecule has 0 bridgehead atoms. The topological polar surface area (TPSA) is 61.2 Å². The summed E-state index contributed by atoms with van der Waals surface area (Å²) in [4.78, 5) is 26.7. The number of ether oxygens (including phenoxy) is 1. The average Bonchev–Trinajstić information content (AvgIpc) is 2.65. The van der Waals surface area contributed by atoms with Crippen LogP contribution in [0.4, 0.5) is 0 Å². The first kappa shape index (κ1) is 10.9. The van der Waals surface area contributed by atoms with E-state index in [1.807, 2.05) is 11.5 Å². The number of rotatable bonds is 2. The van der Waals surface area contributed by atoms with Gasteiger partial charge in [0.1, 0.15) is 11.5 Å². The van der Waals surface area contributed by atoms with Crippen molar-refractivity contribution in [1.82, 2.24) is 9.55 Å². The van der Waals surface area contributed by atoms with Crippen LogP contribution in [0.1, 0.15) is 40.8 Å². The number of carbonyl (C=O) groups is 2. The Balaban J connectivity index is 2.51. The van der Waals surface area contributed by atoms with E-state index in [9.17, 15) is 9.59 Å². The van der Waals surface area contributed by atoms with E-state index >= 15 is 0 Å². The SMILES string of the molecule is COC(=O)C1CCCn2c(C)nc(C=O)c21. The number of hydrogen-bond acceptors (Lipinski definition) is 4. The molecule has 0 saturated heterocycles. The maximum Gasteiger partial charge on any atom is 0.314 e. The number of aromatic nitrogens is 2. The molecule has 0 fully saturated rings. The number of aldehydes is 1. The van der Waals surface area contributed by atoms with E-state index in [1.54, 1.807) is 0 Å². The van der Waals surface area contributed by atoms with E-state index in [0.717, 1.165) is 25.2 Å². The highest BCUT2D eigenvalue weighted by Gasteiger charge is 2.32. The van der Waals surface area contributed by atoms with Gasteiger partial charge < -0.3 is 9.30 Å². The highest BCUT2D eigenvalue weighted by Crippen LogP contribution is 2.31. The van der Waals surface area contributed by atoms with Crippen LogP contribution in [0, 0.1) is 6.92 Å². The van der Waals surface area contributed by atoms with Gasteiger partial charge in [0.05, 0.1) is 18.7 Å². The fourth-order valence-electron chi connectivity index (χ4n) is 2.30. The van der Waals surface area contributed by atoms with Gasteiger partial charge >= 0.3 is 5.97 Å². The molecule has 1 aliphatic heterocycles. The lowest BCUT2D eigenvalue weighted by Crippen LogP contribution is -2.24.